The van der Waals surface area contributed by atoms with Crippen LogP contribution >= 0.6 is 0 Å². The zero-order valence-electron chi connectivity index (χ0n) is 10.9. The zero-order valence-corrected chi connectivity index (χ0v) is 10.9. The second kappa shape index (κ2) is 5.16. The Morgan fingerprint density at radius 1 is 1.28 bits per heavy atom. The lowest BCUT2D eigenvalue weighted by Gasteiger charge is -2.36. The molecule has 0 saturated heterocycles. The topological polar surface area (TPSA) is 69.6 Å². The molecule has 2 N–H and O–H groups in total. The SMILES string of the molecule is CCN(C(=O)NC1(C(=O)O)CCCCC1)C1CC1. The highest BCUT2D eigenvalue weighted by atomic mass is 16.4. The van der Waals surface area contributed by atoms with Crippen molar-refractivity contribution in [3.05, 3.63) is 0 Å². The van der Waals surface area contributed by atoms with Crippen molar-refractivity contribution in [2.45, 2.75) is 63.5 Å². The number of carbonyl (C=O) groups excluding carboxylic acids is 1. The van der Waals surface area contributed by atoms with Crippen LogP contribution in [-0.4, -0.2) is 40.1 Å². The molecule has 2 fully saturated rings. The molecule has 2 amide bonds. The Kier molecular flexibility index (Phi) is 3.78. The summed E-state index contributed by atoms with van der Waals surface area (Å²) in [5, 5.41) is 12.2. The lowest BCUT2D eigenvalue weighted by atomic mass is 9.82. The first-order valence-corrected chi connectivity index (χ1v) is 6.91. The maximum atomic E-state index is 12.2. The maximum absolute atomic E-state index is 12.2. The van der Waals surface area contributed by atoms with E-state index in [1.807, 2.05) is 6.92 Å². The number of hydrogen-bond acceptors (Lipinski definition) is 2. The van der Waals surface area contributed by atoms with E-state index in [9.17, 15) is 14.7 Å². The minimum absolute atomic E-state index is 0.204. The standard InChI is InChI=1S/C13H22N2O3/c1-2-15(10-6-7-10)12(18)14-13(11(16)17)8-4-3-5-9-13/h10H,2-9H2,1H3,(H,14,18)(H,16,17). The van der Waals surface area contributed by atoms with Crippen molar-refractivity contribution in [3.63, 3.8) is 0 Å². The van der Waals surface area contributed by atoms with Gasteiger partial charge < -0.3 is 15.3 Å². The molecule has 0 aromatic heterocycles. The van der Waals surface area contributed by atoms with E-state index < -0.39 is 11.5 Å². The first-order chi connectivity index (χ1) is 8.59. The fourth-order valence-corrected chi connectivity index (χ4v) is 2.78. The van der Waals surface area contributed by atoms with Crippen molar-refractivity contribution >= 4 is 12.0 Å². The van der Waals surface area contributed by atoms with Crippen LogP contribution in [0.15, 0.2) is 0 Å². The summed E-state index contributed by atoms with van der Waals surface area (Å²) in [4.78, 5) is 25.4. The minimum atomic E-state index is -1.03. The second-order valence-electron chi connectivity index (χ2n) is 5.40. The molecule has 0 unspecified atom stereocenters. The Balaban J connectivity index is 2.03. The molecule has 2 rings (SSSR count). The molecule has 0 bridgehead atoms. The third-order valence-corrected chi connectivity index (χ3v) is 4.05. The van der Waals surface area contributed by atoms with E-state index >= 15 is 0 Å². The van der Waals surface area contributed by atoms with E-state index in [0.717, 1.165) is 32.1 Å². The van der Waals surface area contributed by atoms with E-state index in [4.69, 9.17) is 0 Å². The molecule has 18 heavy (non-hydrogen) atoms. The number of carbonyl (C=O) groups is 2. The van der Waals surface area contributed by atoms with Crippen LogP contribution in [-0.2, 0) is 4.79 Å². The highest BCUT2D eigenvalue weighted by molar-refractivity contribution is 5.86. The van der Waals surface area contributed by atoms with E-state index in [1.165, 1.54) is 0 Å². The monoisotopic (exact) mass is 254 g/mol. The molecular formula is C13H22N2O3. The normalized spacial score (nSPS) is 22.3. The van der Waals surface area contributed by atoms with Crippen molar-refractivity contribution in [2.75, 3.05) is 6.54 Å². The zero-order chi connectivity index (χ0) is 13.2. The van der Waals surface area contributed by atoms with Crippen LogP contribution in [0.3, 0.4) is 0 Å². The Labute approximate surface area is 108 Å². The van der Waals surface area contributed by atoms with Crippen molar-refractivity contribution in [2.24, 2.45) is 0 Å². The predicted octanol–water partition coefficient (Wildman–Crippen LogP) is 1.97. The maximum Gasteiger partial charge on any atom is 0.329 e. The van der Waals surface area contributed by atoms with Gasteiger partial charge in [0, 0.05) is 12.6 Å². The van der Waals surface area contributed by atoms with Crippen molar-refractivity contribution < 1.29 is 14.7 Å². The van der Waals surface area contributed by atoms with Gasteiger partial charge >= 0.3 is 12.0 Å². The van der Waals surface area contributed by atoms with Gasteiger partial charge in [-0.25, -0.2) is 9.59 Å². The molecule has 102 valence electrons. The molecule has 2 aliphatic carbocycles. The molecular weight excluding hydrogens is 232 g/mol. The average molecular weight is 254 g/mol. The molecule has 0 aromatic carbocycles. The highest BCUT2D eigenvalue weighted by Crippen LogP contribution is 2.30. The van der Waals surface area contributed by atoms with Gasteiger partial charge in [0.1, 0.15) is 5.54 Å². The van der Waals surface area contributed by atoms with Crippen molar-refractivity contribution in [1.82, 2.24) is 10.2 Å². The Morgan fingerprint density at radius 3 is 2.33 bits per heavy atom. The lowest BCUT2D eigenvalue weighted by Crippen LogP contribution is -2.59. The number of nitrogens with zero attached hydrogens (tertiary/aromatic N) is 1. The molecule has 0 atom stereocenters. The summed E-state index contributed by atoms with van der Waals surface area (Å²) in [6.07, 6.45) is 6.00. The minimum Gasteiger partial charge on any atom is -0.480 e. The van der Waals surface area contributed by atoms with Gasteiger partial charge in [-0.2, -0.15) is 0 Å². The number of aliphatic carboxylic acids is 1. The van der Waals surface area contributed by atoms with Crippen molar-refractivity contribution in [1.29, 1.82) is 0 Å². The van der Waals surface area contributed by atoms with Gasteiger partial charge in [0.25, 0.3) is 0 Å². The fraction of sp³-hybridized carbons (Fsp3) is 0.846. The molecule has 0 aromatic rings. The van der Waals surface area contributed by atoms with E-state index in [-0.39, 0.29) is 6.03 Å². The van der Waals surface area contributed by atoms with Gasteiger partial charge in [0.05, 0.1) is 0 Å². The number of nitrogens with one attached hydrogen (secondary N) is 1. The van der Waals surface area contributed by atoms with E-state index in [2.05, 4.69) is 5.32 Å². The van der Waals surface area contributed by atoms with Gasteiger partial charge in [-0.3, -0.25) is 0 Å². The second-order valence-corrected chi connectivity index (χ2v) is 5.40. The van der Waals surface area contributed by atoms with Gasteiger partial charge in [0.2, 0.25) is 0 Å². The van der Waals surface area contributed by atoms with Crippen LogP contribution < -0.4 is 5.32 Å². The Hall–Kier alpha value is -1.26. The highest BCUT2D eigenvalue weighted by Gasteiger charge is 2.43. The Bertz CT molecular complexity index is 333. The van der Waals surface area contributed by atoms with Crippen molar-refractivity contribution in [3.8, 4) is 0 Å². The van der Waals surface area contributed by atoms with E-state index in [1.54, 1.807) is 4.90 Å². The lowest BCUT2D eigenvalue weighted by molar-refractivity contribution is -0.146. The number of rotatable bonds is 4. The summed E-state index contributed by atoms with van der Waals surface area (Å²) in [5.74, 6) is -0.887. The largest absolute Gasteiger partial charge is 0.480 e. The average Bonchev–Trinajstić information content (AvgIpc) is 3.15. The van der Waals surface area contributed by atoms with Gasteiger partial charge in [-0.15, -0.1) is 0 Å². The third kappa shape index (κ3) is 2.60. The predicted molar refractivity (Wildman–Crippen MR) is 67.4 cm³/mol. The first kappa shape index (κ1) is 13.2. The van der Waals surface area contributed by atoms with Crippen LogP contribution in [0.25, 0.3) is 0 Å². The first-order valence-electron chi connectivity index (χ1n) is 6.91. The number of carboxylic acid groups (broad SMARTS) is 1. The van der Waals surface area contributed by atoms with Gasteiger partial charge in [0.15, 0.2) is 0 Å². The summed E-state index contributed by atoms with van der Waals surface area (Å²) in [5.41, 5.74) is -1.03. The number of hydrogen-bond donors (Lipinski definition) is 2. The Morgan fingerprint density at radius 2 is 1.89 bits per heavy atom. The molecule has 5 nitrogen and oxygen atoms in total. The van der Waals surface area contributed by atoms with Crippen LogP contribution in [0.1, 0.15) is 51.9 Å². The van der Waals surface area contributed by atoms with Crippen LogP contribution in [0.5, 0.6) is 0 Å². The molecule has 0 aliphatic heterocycles. The quantitative estimate of drug-likeness (QED) is 0.805. The van der Waals surface area contributed by atoms with Gasteiger partial charge in [-0.1, -0.05) is 19.3 Å². The summed E-state index contributed by atoms with van der Waals surface area (Å²) in [7, 11) is 0. The summed E-state index contributed by atoms with van der Waals surface area (Å²) < 4.78 is 0. The van der Waals surface area contributed by atoms with Crippen LogP contribution in [0, 0.1) is 0 Å². The van der Waals surface area contributed by atoms with Crippen LogP contribution in [0.2, 0.25) is 0 Å². The molecule has 2 aliphatic rings. The third-order valence-electron chi connectivity index (χ3n) is 4.05. The number of urea groups is 1. The number of amides is 2. The molecule has 5 heteroatoms. The summed E-state index contributed by atoms with van der Waals surface area (Å²) >= 11 is 0. The molecule has 0 spiro atoms. The summed E-state index contributed by atoms with van der Waals surface area (Å²) in [6, 6.07) is 0.119. The molecule has 0 radical (unpaired) electrons. The van der Waals surface area contributed by atoms with Crippen LogP contribution in [0.4, 0.5) is 4.79 Å². The molecule has 0 heterocycles. The van der Waals surface area contributed by atoms with Gasteiger partial charge in [-0.05, 0) is 32.6 Å². The number of carboxylic acids is 1. The smallest absolute Gasteiger partial charge is 0.329 e. The fourth-order valence-electron chi connectivity index (χ4n) is 2.78. The van der Waals surface area contributed by atoms with E-state index in [0.29, 0.717) is 25.4 Å². The molecule has 2 saturated carbocycles. The summed E-state index contributed by atoms with van der Waals surface area (Å²) in [6.45, 7) is 2.58.